The van der Waals surface area contributed by atoms with Gasteiger partial charge in [-0.3, -0.25) is 4.79 Å². The number of rotatable bonds is 6. The van der Waals surface area contributed by atoms with E-state index in [-0.39, 0.29) is 23.3 Å². The van der Waals surface area contributed by atoms with Crippen molar-refractivity contribution in [2.24, 2.45) is 17.1 Å². The molecule has 3 aromatic carbocycles. The first-order valence-corrected chi connectivity index (χ1v) is 15.8. The summed E-state index contributed by atoms with van der Waals surface area (Å²) in [7, 11) is 0. The molecule has 1 saturated carbocycles. The molecule has 3 aliphatic rings. The van der Waals surface area contributed by atoms with Gasteiger partial charge < -0.3 is 15.6 Å². The van der Waals surface area contributed by atoms with E-state index in [0.717, 1.165) is 65.1 Å². The highest BCUT2D eigenvalue weighted by molar-refractivity contribution is 5.85. The predicted octanol–water partition coefficient (Wildman–Crippen LogP) is 8.42. The zero-order valence-electron chi connectivity index (χ0n) is 26.2. The molecule has 1 amide bonds. The van der Waals surface area contributed by atoms with Gasteiger partial charge in [0.1, 0.15) is 5.82 Å². The Labute approximate surface area is 259 Å². The second kappa shape index (κ2) is 10.3. The van der Waals surface area contributed by atoms with Crippen LogP contribution in [-0.4, -0.2) is 33.4 Å². The van der Waals surface area contributed by atoms with Gasteiger partial charge in [-0.25, -0.2) is 9.37 Å². The quantitative estimate of drug-likeness (QED) is 0.237. The number of amides is 1. The molecule has 1 aliphatic heterocycles. The molecule has 5 nitrogen and oxygen atoms in total. The van der Waals surface area contributed by atoms with E-state index in [1.54, 1.807) is 6.92 Å². The number of allylic oxidation sites excluding steroid dienone is 2. The van der Waals surface area contributed by atoms with E-state index in [1.165, 1.54) is 11.1 Å². The van der Waals surface area contributed by atoms with E-state index >= 15 is 4.39 Å². The van der Waals surface area contributed by atoms with Crippen molar-refractivity contribution in [1.82, 2.24) is 14.9 Å². The number of carbonyl (C=O) groups excluding carboxylic acids is 1. The summed E-state index contributed by atoms with van der Waals surface area (Å²) in [4.78, 5) is 23.6. The van der Waals surface area contributed by atoms with E-state index in [9.17, 15) is 4.79 Å². The average Bonchev–Trinajstić information content (AvgIpc) is 3.35. The predicted molar refractivity (Wildman–Crippen MR) is 175 cm³/mol. The zero-order chi connectivity index (χ0) is 31.0. The fourth-order valence-electron chi connectivity index (χ4n) is 7.12. The third kappa shape index (κ3) is 4.62. The van der Waals surface area contributed by atoms with Gasteiger partial charge in [0, 0.05) is 17.7 Å². The average molecular weight is 589 g/mol. The molecular formula is C38H41FN4O. The first kappa shape index (κ1) is 28.7. The van der Waals surface area contributed by atoms with Crippen molar-refractivity contribution in [3.8, 4) is 33.5 Å². The maximum Gasteiger partial charge on any atom is 0.240 e. The molecule has 1 aromatic heterocycles. The van der Waals surface area contributed by atoms with Crippen molar-refractivity contribution >= 4 is 11.5 Å². The summed E-state index contributed by atoms with van der Waals surface area (Å²) in [5, 5.41) is 0. The molecule has 3 atom stereocenters. The Balaban J connectivity index is 1.18. The standard InChI is InChI=1S/C38H41FN4O/c1-6-23(4)24-7-9-25(10-8-24)26-11-13-28-29-14-12-27(18-31(29)37(5,39)30(28)17-26)32-20-41-35(42-32)33-19-38(15-16-38)21-43(33)36(44)34(40)22(2)3/h6-14,17-18,20,22,33-34H,15-16,19,21,40H2,1-5H3,(H,41,42)/b23-6+/t33-,34-,37?/m0/s1. The second-order valence-corrected chi connectivity index (χ2v) is 13.7. The Kier molecular flexibility index (Phi) is 6.70. The Bertz CT molecular complexity index is 1790. The number of hydrogen-bond acceptors (Lipinski definition) is 3. The number of nitrogens with zero attached hydrogens (tertiary/aromatic N) is 2. The number of nitrogens with two attached hydrogens (primary N) is 1. The highest BCUT2D eigenvalue weighted by Gasteiger charge is 2.54. The van der Waals surface area contributed by atoms with Gasteiger partial charge in [-0.2, -0.15) is 0 Å². The fraction of sp³-hybridized carbons (Fsp3) is 0.368. The lowest BCUT2D eigenvalue weighted by atomic mass is 9.92. The fourth-order valence-corrected chi connectivity index (χ4v) is 7.12. The Morgan fingerprint density at radius 1 is 1.02 bits per heavy atom. The minimum absolute atomic E-state index is 0.00145. The van der Waals surface area contributed by atoms with Crippen LogP contribution in [0.1, 0.15) is 82.4 Å². The number of nitrogens with one attached hydrogen (secondary N) is 1. The van der Waals surface area contributed by atoms with Crippen molar-refractivity contribution in [3.05, 3.63) is 95.5 Å². The first-order valence-electron chi connectivity index (χ1n) is 15.8. The van der Waals surface area contributed by atoms with Gasteiger partial charge in [0.2, 0.25) is 5.91 Å². The number of carbonyl (C=O) groups is 1. The molecule has 2 fully saturated rings. The third-order valence-electron chi connectivity index (χ3n) is 10.4. The van der Waals surface area contributed by atoms with Crippen molar-refractivity contribution < 1.29 is 9.18 Å². The van der Waals surface area contributed by atoms with Gasteiger partial charge in [-0.1, -0.05) is 68.5 Å². The van der Waals surface area contributed by atoms with Crippen LogP contribution >= 0.6 is 0 Å². The molecule has 0 radical (unpaired) electrons. The van der Waals surface area contributed by atoms with Crippen molar-refractivity contribution in [1.29, 1.82) is 0 Å². The minimum Gasteiger partial charge on any atom is -0.340 e. The van der Waals surface area contributed by atoms with E-state index in [1.807, 2.05) is 56.1 Å². The molecule has 2 heterocycles. The Morgan fingerprint density at radius 3 is 2.25 bits per heavy atom. The number of alkyl halides is 1. The lowest BCUT2D eigenvalue weighted by molar-refractivity contribution is -0.134. The van der Waals surface area contributed by atoms with Gasteiger partial charge in [0.15, 0.2) is 5.67 Å². The van der Waals surface area contributed by atoms with Crippen molar-refractivity contribution in [2.45, 2.75) is 71.6 Å². The maximum absolute atomic E-state index is 16.7. The molecule has 3 N–H and O–H groups in total. The molecule has 1 spiro atoms. The summed E-state index contributed by atoms with van der Waals surface area (Å²) < 4.78 is 16.7. The third-order valence-corrected chi connectivity index (χ3v) is 10.4. The first-order chi connectivity index (χ1) is 21.0. The van der Waals surface area contributed by atoms with Gasteiger partial charge in [-0.15, -0.1) is 0 Å². The lowest BCUT2D eigenvalue weighted by Crippen LogP contribution is -2.46. The van der Waals surface area contributed by atoms with Crippen LogP contribution in [0.25, 0.3) is 39.1 Å². The van der Waals surface area contributed by atoms with Crippen LogP contribution in [0.5, 0.6) is 0 Å². The molecular weight excluding hydrogens is 547 g/mol. The number of aromatic amines is 1. The van der Waals surface area contributed by atoms with E-state index in [0.29, 0.717) is 11.1 Å². The summed E-state index contributed by atoms with van der Waals surface area (Å²) >= 11 is 0. The summed E-state index contributed by atoms with van der Waals surface area (Å²) in [5.74, 6) is 0.847. The maximum atomic E-state index is 16.7. The van der Waals surface area contributed by atoms with E-state index < -0.39 is 11.7 Å². The largest absolute Gasteiger partial charge is 0.340 e. The van der Waals surface area contributed by atoms with Crippen LogP contribution in [0.2, 0.25) is 0 Å². The number of benzene rings is 3. The van der Waals surface area contributed by atoms with Crippen LogP contribution < -0.4 is 5.73 Å². The van der Waals surface area contributed by atoms with Gasteiger partial charge in [-0.05, 0) is 102 Å². The van der Waals surface area contributed by atoms with Gasteiger partial charge in [0.05, 0.1) is 24.0 Å². The number of likely N-dealkylation sites (tertiary alicyclic amines) is 1. The molecule has 6 heteroatoms. The van der Waals surface area contributed by atoms with Gasteiger partial charge >= 0.3 is 0 Å². The van der Waals surface area contributed by atoms with Crippen LogP contribution in [0, 0.1) is 11.3 Å². The Hall–Kier alpha value is -4.03. The summed E-state index contributed by atoms with van der Waals surface area (Å²) in [6, 6.07) is 20.0. The normalized spacial score (nSPS) is 22.4. The molecule has 7 rings (SSSR count). The van der Waals surface area contributed by atoms with Crippen molar-refractivity contribution in [3.63, 3.8) is 0 Å². The number of imidazole rings is 1. The highest BCUT2D eigenvalue weighted by atomic mass is 19.1. The summed E-state index contributed by atoms with van der Waals surface area (Å²) in [6.07, 6.45) is 7.10. The molecule has 1 unspecified atom stereocenters. The monoisotopic (exact) mass is 588 g/mol. The number of halogens is 1. The van der Waals surface area contributed by atoms with Gasteiger partial charge in [0.25, 0.3) is 0 Å². The SMILES string of the molecule is C/C=C(\C)c1ccc(-c2ccc3c(c2)C(C)(F)c2cc(-c4cnc([C@@H]5CC6(CC6)CN5C(=O)[C@@H](N)C(C)C)[nH]4)ccc2-3)cc1. The highest BCUT2D eigenvalue weighted by Crippen LogP contribution is 2.58. The number of hydrogen-bond donors (Lipinski definition) is 2. The van der Waals surface area contributed by atoms with E-state index in [2.05, 4.69) is 54.4 Å². The molecule has 226 valence electrons. The zero-order valence-corrected chi connectivity index (χ0v) is 26.2. The molecule has 2 aliphatic carbocycles. The molecule has 1 saturated heterocycles. The number of H-pyrrole nitrogens is 1. The van der Waals surface area contributed by atoms with Crippen LogP contribution in [0.3, 0.4) is 0 Å². The smallest absolute Gasteiger partial charge is 0.240 e. The number of fused-ring (bicyclic) bond motifs is 3. The van der Waals surface area contributed by atoms with Crippen LogP contribution in [0.15, 0.2) is 72.9 Å². The lowest BCUT2D eigenvalue weighted by Gasteiger charge is -2.27. The second-order valence-electron chi connectivity index (χ2n) is 13.7. The molecule has 0 bridgehead atoms. The van der Waals surface area contributed by atoms with Crippen molar-refractivity contribution in [2.75, 3.05) is 6.54 Å². The Morgan fingerprint density at radius 2 is 1.64 bits per heavy atom. The molecule has 44 heavy (non-hydrogen) atoms. The number of aromatic nitrogens is 2. The van der Waals surface area contributed by atoms with Crippen LogP contribution in [-0.2, 0) is 10.5 Å². The minimum atomic E-state index is -1.64. The molecule has 4 aromatic rings. The van der Waals surface area contributed by atoms with Crippen LogP contribution in [0.4, 0.5) is 4.39 Å². The summed E-state index contributed by atoms with van der Waals surface area (Å²) in [6.45, 7) is 10.5. The van der Waals surface area contributed by atoms with E-state index in [4.69, 9.17) is 10.7 Å². The summed E-state index contributed by atoms with van der Waals surface area (Å²) in [5.41, 5.74) is 14.3. The topological polar surface area (TPSA) is 75.0 Å².